The first-order valence-electron chi connectivity index (χ1n) is 7.61. The van der Waals surface area contributed by atoms with Crippen LogP contribution in [0.4, 0.5) is 5.69 Å². The molecule has 25 heavy (non-hydrogen) atoms. The number of anilines is 1. The number of rotatable bonds is 6. The third-order valence-corrected chi connectivity index (χ3v) is 3.85. The molecule has 1 atom stereocenters. The second kappa shape index (κ2) is 8.76. The quantitative estimate of drug-likeness (QED) is 0.605. The summed E-state index contributed by atoms with van der Waals surface area (Å²) >= 11 is 6.03. The van der Waals surface area contributed by atoms with Gasteiger partial charge < -0.3 is 15.4 Å². The lowest BCUT2D eigenvalue weighted by molar-refractivity contribution is -0.112. The first-order valence-corrected chi connectivity index (χ1v) is 7.99. The van der Waals surface area contributed by atoms with Crippen LogP contribution in [0.15, 0.2) is 60.3 Å². The van der Waals surface area contributed by atoms with Gasteiger partial charge in [0.1, 0.15) is 17.4 Å². The lowest BCUT2D eigenvalue weighted by Gasteiger charge is -2.12. The number of nitrogens with one attached hydrogen (secondary N) is 2. The van der Waals surface area contributed by atoms with Gasteiger partial charge in [0.15, 0.2) is 0 Å². The van der Waals surface area contributed by atoms with Crippen molar-refractivity contribution in [2.24, 2.45) is 0 Å². The number of amides is 1. The van der Waals surface area contributed by atoms with Gasteiger partial charge in [0.2, 0.25) is 0 Å². The van der Waals surface area contributed by atoms with Gasteiger partial charge in [-0.1, -0.05) is 41.9 Å². The maximum atomic E-state index is 12.2. The minimum atomic E-state index is -0.517. The Morgan fingerprint density at radius 1 is 1.28 bits per heavy atom. The van der Waals surface area contributed by atoms with Crippen LogP contribution in [-0.4, -0.2) is 13.0 Å². The topological polar surface area (TPSA) is 74.1 Å². The molecule has 0 spiro atoms. The predicted molar refractivity (Wildman–Crippen MR) is 98.3 cm³/mol. The summed E-state index contributed by atoms with van der Waals surface area (Å²) in [5.74, 6) is -0.00874. The standard InChI is InChI=1S/C19H18ClN3O2/c1-13(14-6-4-3-5-7-14)22-12-15(11-21)19(24)23-16-8-9-18(25-2)17(20)10-16/h3-10,12-13,22H,1-2H3,(H,23,24)/b15-12-. The fraction of sp³-hybridized carbons (Fsp3) is 0.158. The molecule has 0 radical (unpaired) electrons. The first-order chi connectivity index (χ1) is 12.0. The average molecular weight is 356 g/mol. The second-order valence-corrected chi connectivity index (χ2v) is 5.68. The molecule has 0 bridgehead atoms. The Balaban J connectivity index is 2.05. The molecule has 0 aliphatic heterocycles. The number of methoxy groups -OCH3 is 1. The van der Waals surface area contributed by atoms with Crippen molar-refractivity contribution in [2.45, 2.75) is 13.0 Å². The summed E-state index contributed by atoms with van der Waals surface area (Å²) in [4.78, 5) is 12.2. The molecule has 2 N–H and O–H groups in total. The molecule has 2 rings (SSSR count). The van der Waals surface area contributed by atoms with E-state index in [0.717, 1.165) is 5.56 Å². The molecule has 0 fully saturated rings. The SMILES string of the molecule is COc1ccc(NC(=O)/C(C#N)=C\NC(C)c2ccccc2)cc1Cl. The molecule has 6 heteroatoms. The molecule has 2 aromatic carbocycles. The Labute approximate surface area is 151 Å². The smallest absolute Gasteiger partial charge is 0.267 e. The van der Waals surface area contributed by atoms with E-state index in [2.05, 4.69) is 10.6 Å². The van der Waals surface area contributed by atoms with E-state index in [9.17, 15) is 10.1 Å². The molecule has 1 unspecified atom stereocenters. The van der Waals surface area contributed by atoms with Crippen molar-refractivity contribution in [2.75, 3.05) is 12.4 Å². The number of ether oxygens (including phenoxy) is 1. The van der Waals surface area contributed by atoms with Gasteiger partial charge in [-0.3, -0.25) is 4.79 Å². The van der Waals surface area contributed by atoms with Crippen LogP contribution in [-0.2, 0) is 4.79 Å². The highest BCUT2D eigenvalue weighted by Gasteiger charge is 2.11. The van der Waals surface area contributed by atoms with Gasteiger partial charge in [-0.2, -0.15) is 5.26 Å². The number of carbonyl (C=O) groups excluding carboxylic acids is 1. The lowest BCUT2D eigenvalue weighted by Crippen LogP contribution is -2.18. The molecular weight excluding hydrogens is 338 g/mol. The second-order valence-electron chi connectivity index (χ2n) is 5.27. The van der Waals surface area contributed by atoms with E-state index < -0.39 is 5.91 Å². The van der Waals surface area contributed by atoms with Crippen LogP contribution in [0.2, 0.25) is 5.02 Å². The van der Waals surface area contributed by atoms with E-state index in [1.165, 1.54) is 13.3 Å². The number of halogens is 1. The fourth-order valence-electron chi connectivity index (χ4n) is 2.14. The summed E-state index contributed by atoms with van der Waals surface area (Å²) in [6, 6.07) is 16.5. The average Bonchev–Trinajstić information content (AvgIpc) is 2.63. The molecule has 0 heterocycles. The largest absolute Gasteiger partial charge is 0.495 e. The van der Waals surface area contributed by atoms with Crippen molar-refractivity contribution in [1.82, 2.24) is 5.32 Å². The summed E-state index contributed by atoms with van der Waals surface area (Å²) in [7, 11) is 1.51. The number of hydrogen-bond donors (Lipinski definition) is 2. The van der Waals surface area contributed by atoms with Gasteiger partial charge in [-0.15, -0.1) is 0 Å². The Morgan fingerprint density at radius 3 is 2.60 bits per heavy atom. The van der Waals surface area contributed by atoms with E-state index >= 15 is 0 Å². The van der Waals surface area contributed by atoms with Gasteiger partial charge >= 0.3 is 0 Å². The van der Waals surface area contributed by atoms with Gasteiger partial charge in [-0.05, 0) is 30.7 Å². The van der Waals surface area contributed by atoms with Crippen LogP contribution in [0.5, 0.6) is 5.75 Å². The Hall–Kier alpha value is -2.97. The van der Waals surface area contributed by atoms with E-state index in [1.807, 2.05) is 43.3 Å². The summed E-state index contributed by atoms with van der Waals surface area (Å²) in [6.45, 7) is 1.95. The molecule has 0 aliphatic rings. The third kappa shape index (κ3) is 5.00. The van der Waals surface area contributed by atoms with Crippen LogP contribution < -0.4 is 15.4 Å². The summed E-state index contributed by atoms with van der Waals surface area (Å²) in [6.07, 6.45) is 1.41. The molecule has 1 amide bonds. The number of nitrogens with zero attached hydrogens (tertiary/aromatic N) is 1. The van der Waals surface area contributed by atoms with E-state index in [0.29, 0.717) is 16.5 Å². The number of hydrogen-bond acceptors (Lipinski definition) is 4. The highest BCUT2D eigenvalue weighted by Crippen LogP contribution is 2.27. The van der Waals surface area contributed by atoms with E-state index in [4.69, 9.17) is 16.3 Å². The molecule has 2 aromatic rings. The van der Waals surface area contributed by atoms with Crippen molar-refractivity contribution < 1.29 is 9.53 Å². The van der Waals surface area contributed by atoms with Crippen LogP contribution in [0.25, 0.3) is 0 Å². The molecule has 128 valence electrons. The van der Waals surface area contributed by atoms with Gasteiger partial charge in [0, 0.05) is 17.9 Å². The van der Waals surface area contributed by atoms with Crippen LogP contribution in [0.3, 0.4) is 0 Å². The summed E-state index contributed by atoms with van der Waals surface area (Å²) in [5, 5.41) is 15.3. The zero-order valence-corrected chi connectivity index (χ0v) is 14.7. The maximum absolute atomic E-state index is 12.2. The monoisotopic (exact) mass is 355 g/mol. The van der Waals surface area contributed by atoms with E-state index in [1.54, 1.807) is 18.2 Å². The number of nitriles is 1. The van der Waals surface area contributed by atoms with Crippen molar-refractivity contribution in [3.05, 3.63) is 70.9 Å². The van der Waals surface area contributed by atoms with Crippen LogP contribution in [0, 0.1) is 11.3 Å². The maximum Gasteiger partial charge on any atom is 0.267 e. The summed E-state index contributed by atoms with van der Waals surface area (Å²) < 4.78 is 5.06. The number of carbonyl (C=O) groups is 1. The van der Waals surface area contributed by atoms with Crippen molar-refractivity contribution in [1.29, 1.82) is 5.26 Å². The normalized spacial score (nSPS) is 12.0. The van der Waals surface area contributed by atoms with Gasteiger partial charge in [-0.25, -0.2) is 0 Å². The molecule has 5 nitrogen and oxygen atoms in total. The zero-order chi connectivity index (χ0) is 18.2. The minimum absolute atomic E-state index is 0.0327. The Bertz CT molecular complexity index is 813. The molecule has 0 aromatic heterocycles. The van der Waals surface area contributed by atoms with Crippen LogP contribution in [0.1, 0.15) is 18.5 Å². The van der Waals surface area contributed by atoms with Gasteiger partial charge in [0.25, 0.3) is 5.91 Å². The predicted octanol–water partition coefficient (Wildman–Crippen LogP) is 4.05. The summed E-state index contributed by atoms with van der Waals surface area (Å²) in [5.41, 5.74) is 1.50. The van der Waals surface area contributed by atoms with Crippen molar-refractivity contribution >= 4 is 23.2 Å². The van der Waals surface area contributed by atoms with Crippen molar-refractivity contribution in [3.8, 4) is 11.8 Å². The van der Waals surface area contributed by atoms with Crippen molar-refractivity contribution in [3.63, 3.8) is 0 Å². The van der Waals surface area contributed by atoms with Gasteiger partial charge in [0.05, 0.1) is 12.1 Å². The molecule has 0 aliphatic carbocycles. The first kappa shape index (κ1) is 18.4. The zero-order valence-electron chi connectivity index (χ0n) is 13.9. The molecule has 0 saturated carbocycles. The number of benzene rings is 2. The highest BCUT2D eigenvalue weighted by molar-refractivity contribution is 6.32. The fourth-order valence-corrected chi connectivity index (χ4v) is 2.40. The third-order valence-electron chi connectivity index (χ3n) is 3.55. The Morgan fingerprint density at radius 2 is 2.00 bits per heavy atom. The Kier molecular flexibility index (Phi) is 6.44. The lowest BCUT2D eigenvalue weighted by atomic mass is 10.1. The minimum Gasteiger partial charge on any atom is -0.495 e. The molecular formula is C19H18ClN3O2. The van der Waals surface area contributed by atoms with E-state index in [-0.39, 0.29) is 11.6 Å². The van der Waals surface area contributed by atoms with Crippen LogP contribution >= 0.6 is 11.6 Å². The molecule has 0 saturated heterocycles. The highest BCUT2D eigenvalue weighted by atomic mass is 35.5.